The van der Waals surface area contributed by atoms with Crippen molar-refractivity contribution < 1.29 is 28.6 Å². The van der Waals surface area contributed by atoms with Crippen molar-refractivity contribution in [2.45, 2.75) is 451 Å². The highest BCUT2D eigenvalue weighted by Crippen LogP contribution is 2.20. The van der Waals surface area contributed by atoms with Gasteiger partial charge in [0.15, 0.2) is 6.10 Å². The maximum atomic E-state index is 12.9. The molecule has 0 radical (unpaired) electrons. The Labute approximate surface area is 520 Å². The lowest BCUT2D eigenvalue weighted by molar-refractivity contribution is -0.167. The van der Waals surface area contributed by atoms with E-state index >= 15 is 0 Å². The zero-order valence-electron chi connectivity index (χ0n) is 56.8. The molecule has 492 valence electrons. The zero-order chi connectivity index (χ0) is 59.9. The molecule has 1 atom stereocenters. The minimum Gasteiger partial charge on any atom is -0.462 e. The predicted molar refractivity (Wildman–Crippen MR) is 363 cm³/mol. The van der Waals surface area contributed by atoms with E-state index in [2.05, 4.69) is 32.9 Å². The largest absolute Gasteiger partial charge is 0.462 e. The van der Waals surface area contributed by atoms with Gasteiger partial charge in [-0.05, 0) is 44.9 Å². The van der Waals surface area contributed by atoms with Gasteiger partial charge in [-0.1, -0.05) is 392 Å². The number of unbranched alkanes of at least 4 members (excludes halogenated alkanes) is 59. The van der Waals surface area contributed by atoms with Crippen LogP contribution in [0, 0.1) is 0 Å². The molecule has 0 heterocycles. The molecule has 0 aromatic heterocycles. The Balaban J connectivity index is 3.96. The van der Waals surface area contributed by atoms with Crippen molar-refractivity contribution in [2.75, 3.05) is 13.2 Å². The summed E-state index contributed by atoms with van der Waals surface area (Å²) in [5.74, 6) is -0.834. The molecule has 6 nitrogen and oxygen atoms in total. The molecular formula is C77H148O6. The quantitative estimate of drug-likeness (QED) is 0.0261. The summed E-state index contributed by atoms with van der Waals surface area (Å²) in [6.07, 6.45) is 88.8. The number of carbonyl (C=O) groups is 3. The number of carbonyl (C=O) groups excluding carboxylic acids is 3. The van der Waals surface area contributed by atoms with E-state index in [0.717, 1.165) is 57.8 Å². The van der Waals surface area contributed by atoms with Crippen LogP contribution in [0.3, 0.4) is 0 Å². The van der Waals surface area contributed by atoms with Gasteiger partial charge in [0.2, 0.25) is 0 Å². The lowest BCUT2D eigenvalue weighted by Crippen LogP contribution is -2.30. The van der Waals surface area contributed by atoms with Gasteiger partial charge in [-0.15, -0.1) is 0 Å². The summed E-state index contributed by atoms with van der Waals surface area (Å²) >= 11 is 0. The fourth-order valence-electron chi connectivity index (χ4n) is 12.0. The Morgan fingerprint density at radius 2 is 0.398 bits per heavy atom. The number of allylic oxidation sites excluding steroid dienone is 2. The number of rotatable bonds is 72. The van der Waals surface area contributed by atoms with Gasteiger partial charge >= 0.3 is 17.9 Å². The molecule has 83 heavy (non-hydrogen) atoms. The first-order valence-corrected chi connectivity index (χ1v) is 38.2. The molecule has 0 aromatic rings. The molecule has 0 amide bonds. The van der Waals surface area contributed by atoms with Crippen LogP contribution in [-0.2, 0) is 28.6 Å². The predicted octanol–water partition coefficient (Wildman–Crippen LogP) is 26.3. The molecule has 0 saturated carbocycles. The summed E-state index contributed by atoms with van der Waals surface area (Å²) in [5, 5.41) is 0. The first-order valence-electron chi connectivity index (χ1n) is 38.2. The smallest absolute Gasteiger partial charge is 0.306 e. The summed E-state index contributed by atoms with van der Waals surface area (Å²) in [7, 11) is 0. The SMILES string of the molecule is CCCCCCCCCC/C=C\CCCCCCCCCCCCCCCCCCCC(=O)OCC(COC(=O)CCCCCCCCC)OC(=O)CCCCCCCCCCCCCCCCCCCCCCCCCCCCCCC. The number of esters is 3. The first kappa shape index (κ1) is 81.2. The van der Waals surface area contributed by atoms with E-state index in [1.807, 2.05) is 0 Å². The Morgan fingerprint density at radius 1 is 0.229 bits per heavy atom. The molecule has 0 aromatic carbocycles. The second-order valence-corrected chi connectivity index (χ2v) is 26.3. The van der Waals surface area contributed by atoms with E-state index in [4.69, 9.17) is 14.2 Å². The average Bonchev–Trinajstić information content (AvgIpc) is 3.49. The minimum absolute atomic E-state index is 0.0629. The Bertz CT molecular complexity index is 1300. The van der Waals surface area contributed by atoms with Gasteiger partial charge in [0.1, 0.15) is 13.2 Å². The van der Waals surface area contributed by atoms with Crippen molar-refractivity contribution in [3.05, 3.63) is 12.2 Å². The molecule has 1 unspecified atom stereocenters. The second kappa shape index (κ2) is 72.6. The van der Waals surface area contributed by atoms with E-state index in [1.165, 1.54) is 347 Å². The van der Waals surface area contributed by atoms with Crippen LogP contribution in [-0.4, -0.2) is 37.2 Å². The van der Waals surface area contributed by atoms with E-state index in [0.29, 0.717) is 19.3 Å². The summed E-state index contributed by atoms with van der Waals surface area (Å²) in [6.45, 7) is 6.69. The molecule has 0 aliphatic heterocycles. The van der Waals surface area contributed by atoms with Crippen LogP contribution in [0.2, 0.25) is 0 Å². The topological polar surface area (TPSA) is 78.9 Å². The van der Waals surface area contributed by atoms with Gasteiger partial charge in [0.25, 0.3) is 0 Å². The third kappa shape index (κ3) is 70.8. The lowest BCUT2D eigenvalue weighted by Gasteiger charge is -2.18. The van der Waals surface area contributed by atoms with Crippen LogP contribution in [0.1, 0.15) is 445 Å². The van der Waals surface area contributed by atoms with Crippen LogP contribution in [0.4, 0.5) is 0 Å². The number of hydrogen-bond acceptors (Lipinski definition) is 6. The van der Waals surface area contributed by atoms with Gasteiger partial charge in [-0.2, -0.15) is 0 Å². The van der Waals surface area contributed by atoms with Crippen molar-refractivity contribution >= 4 is 17.9 Å². The molecule has 0 bridgehead atoms. The lowest BCUT2D eigenvalue weighted by atomic mass is 10.0. The number of ether oxygens (including phenoxy) is 3. The minimum atomic E-state index is -0.764. The van der Waals surface area contributed by atoms with Gasteiger partial charge < -0.3 is 14.2 Å². The van der Waals surface area contributed by atoms with Gasteiger partial charge in [0, 0.05) is 19.3 Å². The van der Waals surface area contributed by atoms with Gasteiger partial charge in [-0.3, -0.25) is 14.4 Å². The van der Waals surface area contributed by atoms with E-state index in [9.17, 15) is 14.4 Å². The Hall–Kier alpha value is -1.85. The third-order valence-electron chi connectivity index (χ3n) is 17.8. The van der Waals surface area contributed by atoms with Crippen LogP contribution in [0.15, 0.2) is 12.2 Å². The summed E-state index contributed by atoms with van der Waals surface area (Å²) in [6, 6.07) is 0. The molecule has 0 N–H and O–H groups in total. The standard InChI is InChI=1S/C77H148O6/c1-4-7-10-13-16-18-20-22-24-26-28-30-32-34-36-38-40-42-44-46-48-50-52-54-56-58-61-64-67-70-76(79)82-73-74(72-81-75(78)69-66-63-60-15-12-9-6-3)83-77(80)71-68-65-62-59-57-55-53-51-49-47-45-43-41-39-37-35-33-31-29-27-25-23-21-19-17-14-11-8-5-2/h26,28,74H,4-25,27,29-73H2,1-3H3/b28-26-. The molecule has 6 heteroatoms. The van der Waals surface area contributed by atoms with E-state index in [1.54, 1.807) is 0 Å². The van der Waals surface area contributed by atoms with E-state index in [-0.39, 0.29) is 31.1 Å². The third-order valence-corrected chi connectivity index (χ3v) is 17.8. The zero-order valence-corrected chi connectivity index (χ0v) is 56.8. The molecule has 0 rings (SSSR count). The van der Waals surface area contributed by atoms with Crippen LogP contribution in [0.25, 0.3) is 0 Å². The fraction of sp³-hybridized carbons (Fsp3) is 0.935. The average molecular weight is 1170 g/mol. The summed E-state index contributed by atoms with van der Waals surface area (Å²) in [5.41, 5.74) is 0. The highest BCUT2D eigenvalue weighted by molar-refractivity contribution is 5.71. The van der Waals surface area contributed by atoms with Crippen molar-refractivity contribution in [3.63, 3.8) is 0 Å². The second-order valence-electron chi connectivity index (χ2n) is 26.3. The Morgan fingerprint density at radius 3 is 0.602 bits per heavy atom. The van der Waals surface area contributed by atoms with Crippen molar-refractivity contribution in [2.24, 2.45) is 0 Å². The molecule has 0 spiro atoms. The molecule has 0 aliphatic rings. The van der Waals surface area contributed by atoms with Crippen molar-refractivity contribution in [1.82, 2.24) is 0 Å². The first-order chi connectivity index (χ1) is 41.0. The number of hydrogen-bond donors (Lipinski definition) is 0. The molecular weight excluding hydrogens is 1020 g/mol. The Kier molecular flexibility index (Phi) is 71.0. The van der Waals surface area contributed by atoms with Crippen molar-refractivity contribution in [1.29, 1.82) is 0 Å². The molecule has 0 aliphatic carbocycles. The highest BCUT2D eigenvalue weighted by atomic mass is 16.6. The van der Waals surface area contributed by atoms with Gasteiger partial charge in [0.05, 0.1) is 0 Å². The summed E-state index contributed by atoms with van der Waals surface area (Å²) < 4.78 is 16.9. The van der Waals surface area contributed by atoms with Crippen LogP contribution < -0.4 is 0 Å². The monoisotopic (exact) mass is 1170 g/mol. The van der Waals surface area contributed by atoms with Crippen LogP contribution in [0.5, 0.6) is 0 Å². The normalized spacial score (nSPS) is 12.0. The summed E-state index contributed by atoms with van der Waals surface area (Å²) in [4.78, 5) is 38.2. The van der Waals surface area contributed by atoms with Crippen molar-refractivity contribution in [3.8, 4) is 0 Å². The maximum Gasteiger partial charge on any atom is 0.306 e. The molecule has 0 saturated heterocycles. The van der Waals surface area contributed by atoms with Crippen LogP contribution >= 0.6 is 0 Å². The fourth-order valence-corrected chi connectivity index (χ4v) is 12.0. The van der Waals surface area contributed by atoms with Gasteiger partial charge in [-0.25, -0.2) is 0 Å². The maximum absolute atomic E-state index is 12.9. The van der Waals surface area contributed by atoms with E-state index < -0.39 is 6.10 Å². The molecule has 0 fully saturated rings. The highest BCUT2D eigenvalue weighted by Gasteiger charge is 2.20.